The maximum absolute atomic E-state index is 12.6. The average Bonchev–Trinajstić information content (AvgIpc) is 2.86. The van der Waals surface area contributed by atoms with Gasteiger partial charge in [-0.15, -0.1) is 0 Å². The van der Waals surface area contributed by atoms with Crippen LogP contribution < -0.4 is 4.74 Å². The maximum atomic E-state index is 12.6. The molecular formula is C19H15F3N2O4. The van der Waals surface area contributed by atoms with E-state index in [9.17, 15) is 27.6 Å². The van der Waals surface area contributed by atoms with Crippen LogP contribution in [0.4, 0.5) is 18.0 Å². The van der Waals surface area contributed by atoms with E-state index in [4.69, 9.17) is 4.74 Å². The number of carbonyl (C=O) groups is 3. The molecule has 0 N–H and O–H groups in total. The van der Waals surface area contributed by atoms with Crippen LogP contribution in [0.25, 0.3) is 0 Å². The highest BCUT2D eigenvalue weighted by Gasteiger charge is 2.44. The summed E-state index contributed by atoms with van der Waals surface area (Å²) in [6.07, 6.45) is -4.48. The number of halogens is 3. The number of urea groups is 1. The van der Waals surface area contributed by atoms with Gasteiger partial charge in [-0.05, 0) is 35.4 Å². The highest BCUT2D eigenvalue weighted by Crippen LogP contribution is 2.29. The molecule has 4 amide bonds. The molecule has 146 valence electrons. The summed E-state index contributed by atoms with van der Waals surface area (Å²) in [5.74, 6) is -1.47. The molecule has 1 fully saturated rings. The molecule has 0 saturated carbocycles. The number of hydrogen-bond acceptors (Lipinski definition) is 4. The Kier molecular flexibility index (Phi) is 5.08. The Bertz CT molecular complexity index is 926. The highest BCUT2D eigenvalue weighted by molar-refractivity contribution is 6.44. The number of hydrogen-bond donors (Lipinski definition) is 0. The molecule has 0 aromatic heterocycles. The minimum absolute atomic E-state index is 0.121. The number of imide groups is 2. The standard InChI is InChI=1S/C19H15F3N2O4/c1-28-15-4-2-3-13(9-15)11-24-17(26)16(25)23(18(24)27)10-12-5-7-14(8-6-12)19(20,21)22/h2-9H,10-11H2,1H3. The first kappa shape index (κ1) is 19.4. The first-order valence-electron chi connectivity index (χ1n) is 8.17. The topological polar surface area (TPSA) is 66.9 Å². The summed E-state index contributed by atoms with van der Waals surface area (Å²) in [7, 11) is 1.47. The van der Waals surface area contributed by atoms with E-state index < -0.39 is 29.6 Å². The molecule has 0 bridgehead atoms. The third kappa shape index (κ3) is 3.83. The summed E-state index contributed by atoms with van der Waals surface area (Å²) in [6.45, 7) is -0.416. The van der Waals surface area contributed by atoms with E-state index in [0.29, 0.717) is 21.8 Å². The molecule has 0 spiro atoms. The summed E-state index contributed by atoms with van der Waals surface area (Å²) in [4.78, 5) is 38.4. The Balaban J connectivity index is 1.75. The predicted molar refractivity (Wildman–Crippen MR) is 90.9 cm³/mol. The number of rotatable bonds is 5. The van der Waals surface area contributed by atoms with Gasteiger partial charge in [0.05, 0.1) is 25.8 Å². The molecular weight excluding hydrogens is 377 g/mol. The second-order valence-electron chi connectivity index (χ2n) is 6.11. The van der Waals surface area contributed by atoms with Crippen LogP contribution in [0.5, 0.6) is 5.75 Å². The van der Waals surface area contributed by atoms with Crippen LogP contribution in [-0.2, 0) is 28.9 Å². The Morgan fingerprint density at radius 3 is 1.96 bits per heavy atom. The second kappa shape index (κ2) is 7.34. The first-order chi connectivity index (χ1) is 13.2. The van der Waals surface area contributed by atoms with E-state index >= 15 is 0 Å². The monoisotopic (exact) mass is 392 g/mol. The van der Waals surface area contributed by atoms with Crippen molar-refractivity contribution < 1.29 is 32.3 Å². The fourth-order valence-electron chi connectivity index (χ4n) is 2.76. The fourth-order valence-corrected chi connectivity index (χ4v) is 2.76. The Morgan fingerprint density at radius 2 is 1.43 bits per heavy atom. The molecule has 2 aromatic rings. The maximum Gasteiger partial charge on any atom is 0.416 e. The van der Waals surface area contributed by atoms with Gasteiger partial charge in [0, 0.05) is 0 Å². The largest absolute Gasteiger partial charge is 0.497 e. The van der Waals surface area contributed by atoms with Crippen molar-refractivity contribution in [3.05, 3.63) is 65.2 Å². The smallest absolute Gasteiger partial charge is 0.416 e. The van der Waals surface area contributed by atoms with Crippen molar-refractivity contribution in [3.8, 4) is 5.75 Å². The van der Waals surface area contributed by atoms with Gasteiger partial charge in [-0.3, -0.25) is 19.4 Å². The summed E-state index contributed by atoms with van der Waals surface area (Å²) < 4.78 is 43.0. The summed E-state index contributed by atoms with van der Waals surface area (Å²) in [5.41, 5.74) is 0.0435. The summed E-state index contributed by atoms with van der Waals surface area (Å²) >= 11 is 0. The Labute approximate surface area is 158 Å². The van der Waals surface area contributed by atoms with Gasteiger partial charge in [0.1, 0.15) is 5.75 Å². The quantitative estimate of drug-likeness (QED) is 0.579. The van der Waals surface area contributed by atoms with Crippen molar-refractivity contribution in [2.45, 2.75) is 19.3 Å². The van der Waals surface area contributed by atoms with Crippen LogP contribution in [0.15, 0.2) is 48.5 Å². The molecule has 28 heavy (non-hydrogen) atoms. The lowest BCUT2D eigenvalue weighted by atomic mass is 10.1. The molecule has 0 unspecified atom stereocenters. The van der Waals surface area contributed by atoms with Gasteiger partial charge in [0.15, 0.2) is 0 Å². The van der Waals surface area contributed by atoms with Crippen molar-refractivity contribution in [1.29, 1.82) is 0 Å². The van der Waals surface area contributed by atoms with Crippen LogP contribution in [0, 0.1) is 0 Å². The number of amides is 4. The van der Waals surface area contributed by atoms with Crippen molar-refractivity contribution in [3.63, 3.8) is 0 Å². The van der Waals surface area contributed by atoms with Crippen LogP contribution >= 0.6 is 0 Å². The Morgan fingerprint density at radius 1 is 0.857 bits per heavy atom. The van der Waals surface area contributed by atoms with Gasteiger partial charge in [-0.2, -0.15) is 13.2 Å². The fraction of sp³-hybridized carbons (Fsp3) is 0.211. The molecule has 9 heteroatoms. The van der Waals surface area contributed by atoms with Crippen LogP contribution in [0.1, 0.15) is 16.7 Å². The normalized spacial score (nSPS) is 14.8. The minimum atomic E-state index is -4.48. The van der Waals surface area contributed by atoms with E-state index in [0.717, 1.165) is 17.0 Å². The van der Waals surface area contributed by atoms with Gasteiger partial charge in [0.2, 0.25) is 0 Å². The number of carbonyl (C=O) groups excluding carboxylic acids is 3. The number of benzene rings is 2. The van der Waals surface area contributed by atoms with E-state index in [1.54, 1.807) is 24.3 Å². The summed E-state index contributed by atoms with van der Waals surface area (Å²) in [5, 5.41) is 0. The van der Waals surface area contributed by atoms with E-state index in [1.807, 2.05) is 0 Å². The molecule has 0 radical (unpaired) electrons. The SMILES string of the molecule is COc1cccc(CN2C(=O)C(=O)N(Cc3ccc(C(F)(F)F)cc3)C2=O)c1. The molecule has 0 aliphatic carbocycles. The number of methoxy groups -OCH3 is 1. The third-order valence-corrected chi connectivity index (χ3v) is 4.23. The molecule has 1 heterocycles. The zero-order chi connectivity index (χ0) is 20.5. The van der Waals surface area contributed by atoms with E-state index in [1.165, 1.54) is 19.2 Å². The number of nitrogens with zero attached hydrogens (tertiary/aromatic N) is 2. The van der Waals surface area contributed by atoms with Gasteiger partial charge in [-0.25, -0.2) is 4.79 Å². The highest BCUT2D eigenvalue weighted by atomic mass is 19.4. The lowest BCUT2D eigenvalue weighted by molar-refractivity contribution is -0.143. The predicted octanol–water partition coefficient (Wildman–Crippen LogP) is 3.21. The average molecular weight is 392 g/mol. The van der Waals surface area contributed by atoms with E-state index in [-0.39, 0.29) is 13.1 Å². The Hall–Kier alpha value is -3.36. The van der Waals surface area contributed by atoms with Crippen molar-refractivity contribution in [2.24, 2.45) is 0 Å². The zero-order valence-electron chi connectivity index (χ0n) is 14.7. The van der Waals surface area contributed by atoms with Gasteiger partial charge in [0.25, 0.3) is 0 Å². The van der Waals surface area contributed by atoms with Crippen molar-refractivity contribution in [1.82, 2.24) is 9.80 Å². The van der Waals surface area contributed by atoms with Gasteiger partial charge < -0.3 is 4.74 Å². The molecule has 2 aromatic carbocycles. The van der Waals surface area contributed by atoms with Gasteiger partial charge >= 0.3 is 24.0 Å². The first-order valence-corrected chi connectivity index (χ1v) is 8.17. The van der Waals surface area contributed by atoms with Crippen LogP contribution in [0.3, 0.4) is 0 Å². The second-order valence-corrected chi connectivity index (χ2v) is 6.11. The molecule has 6 nitrogen and oxygen atoms in total. The molecule has 3 rings (SSSR count). The zero-order valence-corrected chi connectivity index (χ0v) is 14.7. The lowest BCUT2D eigenvalue weighted by Crippen LogP contribution is -2.32. The number of alkyl halides is 3. The van der Waals surface area contributed by atoms with Crippen molar-refractivity contribution >= 4 is 17.8 Å². The third-order valence-electron chi connectivity index (χ3n) is 4.23. The minimum Gasteiger partial charge on any atom is -0.497 e. The lowest BCUT2D eigenvalue weighted by Gasteiger charge is -2.16. The number of ether oxygens (including phenoxy) is 1. The summed E-state index contributed by atoms with van der Waals surface area (Å²) in [6, 6.07) is 9.90. The molecule has 1 aliphatic rings. The van der Waals surface area contributed by atoms with Crippen LogP contribution in [-0.4, -0.2) is 34.8 Å². The molecule has 0 atom stereocenters. The van der Waals surface area contributed by atoms with Crippen molar-refractivity contribution in [2.75, 3.05) is 7.11 Å². The van der Waals surface area contributed by atoms with E-state index in [2.05, 4.69) is 0 Å². The molecule has 1 aliphatic heterocycles. The molecule has 1 saturated heterocycles. The van der Waals surface area contributed by atoms with Gasteiger partial charge in [-0.1, -0.05) is 24.3 Å². The van der Waals surface area contributed by atoms with Crippen LogP contribution in [0.2, 0.25) is 0 Å².